The van der Waals surface area contributed by atoms with Crippen molar-refractivity contribution in [3.63, 3.8) is 0 Å². The lowest BCUT2D eigenvalue weighted by Crippen LogP contribution is -2.49. The number of rotatable bonds is 5. The highest BCUT2D eigenvalue weighted by Gasteiger charge is 2.63. The Balaban J connectivity index is 2.38. The molecule has 8 heteroatoms. The maximum Gasteiger partial charge on any atom is 0.341 e. The van der Waals surface area contributed by atoms with Gasteiger partial charge >= 0.3 is 11.9 Å². The first-order valence-corrected chi connectivity index (χ1v) is 9.04. The lowest BCUT2D eigenvalue weighted by molar-refractivity contribution is -0.143. The highest BCUT2D eigenvalue weighted by atomic mass is 16.5. The Morgan fingerprint density at radius 3 is 2.55 bits per heavy atom. The largest absolute Gasteiger partial charge is 0.462 e. The highest BCUT2D eigenvalue weighted by Crippen LogP contribution is 2.53. The second kappa shape index (κ2) is 7.46. The second-order valence-corrected chi connectivity index (χ2v) is 6.52. The van der Waals surface area contributed by atoms with Gasteiger partial charge in [-0.05, 0) is 19.9 Å². The Morgan fingerprint density at radius 1 is 1.24 bits per heavy atom. The standard InChI is InChI=1S/C21H22N2O6/c1-5-11-28-18(24)15-12(3)23(4)20(26)21(15)13-9-7-8-10-14(13)29-17(22)16(21)19(25)27-6-2/h5,7-10H,1,6,11,22H2,2-4H3/t21-/m1/s1. The number of benzene rings is 1. The van der Waals surface area contributed by atoms with Gasteiger partial charge in [-0.25, -0.2) is 9.59 Å². The molecule has 0 radical (unpaired) electrons. The number of likely N-dealkylation sites (N-methyl/N-ethyl adjacent to an activating group) is 1. The van der Waals surface area contributed by atoms with Gasteiger partial charge in [0.25, 0.3) is 0 Å². The fourth-order valence-electron chi connectivity index (χ4n) is 3.75. The maximum atomic E-state index is 13.6. The molecule has 0 fully saturated rings. The molecule has 0 aliphatic carbocycles. The van der Waals surface area contributed by atoms with Crippen molar-refractivity contribution in [2.24, 2.45) is 5.73 Å². The summed E-state index contributed by atoms with van der Waals surface area (Å²) in [6.45, 7) is 6.76. The van der Waals surface area contributed by atoms with Crippen LogP contribution in [-0.2, 0) is 29.3 Å². The predicted molar refractivity (Wildman–Crippen MR) is 103 cm³/mol. The number of hydrogen-bond donors (Lipinski definition) is 1. The first-order valence-electron chi connectivity index (χ1n) is 9.04. The summed E-state index contributed by atoms with van der Waals surface area (Å²) >= 11 is 0. The summed E-state index contributed by atoms with van der Waals surface area (Å²) in [5.41, 5.74) is 4.67. The minimum atomic E-state index is -1.83. The molecular formula is C21H22N2O6. The van der Waals surface area contributed by atoms with Gasteiger partial charge < -0.3 is 24.8 Å². The summed E-state index contributed by atoms with van der Waals surface area (Å²) in [6.07, 6.45) is 1.41. The first kappa shape index (κ1) is 20.2. The zero-order valence-corrected chi connectivity index (χ0v) is 16.5. The molecule has 29 heavy (non-hydrogen) atoms. The second-order valence-electron chi connectivity index (χ2n) is 6.52. The van der Waals surface area contributed by atoms with Gasteiger partial charge in [0.1, 0.15) is 23.3 Å². The van der Waals surface area contributed by atoms with E-state index in [-0.39, 0.29) is 36.0 Å². The monoisotopic (exact) mass is 398 g/mol. The van der Waals surface area contributed by atoms with Crippen LogP contribution in [0.2, 0.25) is 0 Å². The van der Waals surface area contributed by atoms with Crippen LogP contribution >= 0.6 is 0 Å². The van der Waals surface area contributed by atoms with Crippen LogP contribution in [0, 0.1) is 0 Å². The Kier molecular flexibility index (Phi) is 5.19. The van der Waals surface area contributed by atoms with E-state index in [1.54, 1.807) is 38.1 Å². The molecule has 3 rings (SSSR count). The number of nitrogens with two attached hydrogens (primary N) is 1. The lowest BCUT2D eigenvalue weighted by atomic mass is 9.67. The van der Waals surface area contributed by atoms with Crippen molar-refractivity contribution in [2.45, 2.75) is 19.3 Å². The molecule has 0 bridgehead atoms. The molecule has 0 saturated heterocycles. The van der Waals surface area contributed by atoms with Gasteiger partial charge in [0.05, 0.1) is 12.2 Å². The van der Waals surface area contributed by atoms with Gasteiger partial charge in [-0.2, -0.15) is 0 Å². The zero-order chi connectivity index (χ0) is 21.3. The van der Waals surface area contributed by atoms with Gasteiger partial charge in [0, 0.05) is 18.3 Å². The van der Waals surface area contributed by atoms with Crippen molar-refractivity contribution >= 4 is 17.8 Å². The molecule has 1 aromatic carbocycles. The molecule has 0 unspecified atom stereocenters. The highest BCUT2D eigenvalue weighted by molar-refractivity contribution is 6.17. The maximum absolute atomic E-state index is 13.6. The first-order chi connectivity index (χ1) is 13.8. The van der Waals surface area contributed by atoms with Crippen LogP contribution in [0.3, 0.4) is 0 Å². The molecule has 1 amide bonds. The number of nitrogens with zero attached hydrogens (tertiary/aromatic N) is 1. The van der Waals surface area contributed by atoms with E-state index in [1.165, 1.54) is 18.0 Å². The van der Waals surface area contributed by atoms with E-state index in [9.17, 15) is 14.4 Å². The molecule has 8 nitrogen and oxygen atoms in total. The summed E-state index contributed by atoms with van der Waals surface area (Å²) in [5.74, 6) is -2.16. The van der Waals surface area contributed by atoms with Crippen molar-refractivity contribution in [1.82, 2.24) is 4.90 Å². The van der Waals surface area contributed by atoms with Crippen molar-refractivity contribution in [1.29, 1.82) is 0 Å². The van der Waals surface area contributed by atoms with E-state index < -0.39 is 23.3 Å². The quantitative estimate of drug-likeness (QED) is 0.592. The average molecular weight is 398 g/mol. The normalized spacial score (nSPS) is 20.5. The van der Waals surface area contributed by atoms with Gasteiger partial charge in [-0.1, -0.05) is 30.9 Å². The fourth-order valence-corrected chi connectivity index (χ4v) is 3.75. The van der Waals surface area contributed by atoms with Crippen LogP contribution in [0.1, 0.15) is 19.4 Å². The number of hydrogen-bond acceptors (Lipinski definition) is 7. The smallest absolute Gasteiger partial charge is 0.341 e. The van der Waals surface area contributed by atoms with Crippen LogP contribution in [0.15, 0.2) is 59.6 Å². The van der Waals surface area contributed by atoms with Crippen molar-refractivity contribution < 1.29 is 28.6 Å². The SMILES string of the molecule is C=CCOC(=O)C1=C(C)N(C)C(=O)[C@@]12C(C(=O)OCC)=C(N)Oc1ccccc12. The van der Waals surface area contributed by atoms with Crippen LogP contribution in [0.25, 0.3) is 0 Å². The third kappa shape index (κ3) is 2.79. The summed E-state index contributed by atoms with van der Waals surface area (Å²) in [4.78, 5) is 40.9. The van der Waals surface area contributed by atoms with E-state index in [0.29, 0.717) is 11.3 Å². The minimum absolute atomic E-state index is 0.00592. The fraction of sp³-hybridized carbons (Fsp3) is 0.286. The van der Waals surface area contributed by atoms with Crippen LogP contribution in [0.4, 0.5) is 0 Å². The molecule has 0 aromatic heterocycles. The average Bonchev–Trinajstić information content (AvgIpc) is 2.88. The molecule has 2 N–H and O–H groups in total. The Hall–Kier alpha value is -3.55. The molecule has 2 heterocycles. The van der Waals surface area contributed by atoms with Gasteiger partial charge in [-0.15, -0.1) is 0 Å². The molecule has 0 saturated carbocycles. The number of fused-ring (bicyclic) bond motifs is 2. The molecule has 1 atom stereocenters. The number of carbonyl (C=O) groups excluding carboxylic acids is 3. The van der Waals surface area contributed by atoms with Crippen LogP contribution in [-0.4, -0.2) is 43.0 Å². The number of amides is 1. The van der Waals surface area contributed by atoms with Crippen molar-refractivity contribution in [2.75, 3.05) is 20.3 Å². The van der Waals surface area contributed by atoms with E-state index >= 15 is 0 Å². The molecule has 152 valence electrons. The van der Waals surface area contributed by atoms with E-state index in [4.69, 9.17) is 19.9 Å². The Labute approximate surface area is 168 Å². The summed E-state index contributed by atoms with van der Waals surface area (Å²) in [5, 5.41) is 0. The minimum Gasteiger partial charge on any atom is -0.462 e. The van der Waals surface area contributed by atoms with Crippen molar-refractivity contribution in [3.05, 3.63) is 65.2 Å². The third-order valence-corrected chi connectivity index (χ3v) is 5.01. The molecule has 1 aromatic rings. The predicted octanol–water partition coefficient (Wildman–Crippen LogP) is 1.53. The van der Waals surface area contributed by atoms with Gasteiger partial charge in [-0.3, -0.25) is 4.79 Å². The number of ether oxygens (including phenoxy) is 3. The molecular weight excluding hydrogens is 376 g/mol. The zero-order valence-electron chi connectivity index (χ0n) is 16.5. The lowest BCUT2D eigenvalue weighted by Gasteiger charge is -2.36. The molecule has 1 spiro atoms. The number of para-hydroxylation sites is 1. The van der Waals surface area contributed by atoms with Crippen LogP contribution in [0.5, 0.6) is 5.75 Å². The van der Waals surface area contributed by atoms with Crippen molar-refractivity contribution in [3.8, 4) is 5.75 Å². The van der Waals surface area contributed by atoms with E-state index in [2.05, 4.69) is 6.58 Å². The van der Waals surface area contributed by atoms with Gasteiger partial charge in [0.15, 0.2) is 0 Å². The summed E-state index contributed by atoms with van der Waals surface area (Å²) in [7, 11) is 1.52. The van der Waals surface area contributed by atoms with Crippen LogP contribution < -0.4 is 10.5 Å². The molecule has 2 aliphatic heterocycles. The summed E-state index contributed by atoms with van der Waals surface area (Å²) in [6, 6.07) is 6.61. The molecule has 2 aliphatic rings. The number of allylic oxidation sites excluding steroid dienone is 1. The van der Waals surface area contributed by atoms with E-state index in [0.717, 1.165) is 0 Å². The Bertz CT molecular complexity index is 977. The van der Waals surface area contributed by atoms with E-state index in [1.807, 2.05) is 0 Å². The third-order valence-electron chi connectivity index (χ3n) is 5.01. The van der Waals surface area contributed by atoms with Gasteiger partial charge in [0.2, 0.25) is 11.8 Å². The topological polar surface area (TPSA) is 108 Å². The Morgan fingerprint density at radius 2 is 1.90 bits per heavy atom. The number of carbonyl (C=O) groups is 3. The summed E-state index contributed by atoms with van der Waals surface area (Å²) < 4.78 is 16.0. The number of esters is 2.